The Hall–Kier alpha value is -3.85. The number of nitrogens with one attached hydrogen (secondary N) is 1. The first-order valence-electron chi connectivity index (χ1n) is 13.8. The number of aryl methyl sites for hydroxylation is 1. The minimum absolute atomic E-state index is 0.257. The summed E-state index contributed by atoms with van der Waals surface area (Å²) in [6.45, 7) is 10.5. The summed E-state index contributed by atoms with van der Waals surface area (Å²) in [4.78, 5) is 24.7. The van der Waals surface area contributed by atoms with Crippen molar-refractivity contribution >= 4 is 39.3 Å². The molecule has 4 rings (SSSR count). The van der Waals surface area contributed by atoms with Gasteiger partial charge >= 0.3 is 6.09 Å². The maximum atomic E-state index is 12.4. The highest BCUT2D eigenvalue weighted by atomic mass is 32.1. The standard InChI is InChI=1S/C32H40N4O4S/c1-9-21(16-17-36(6)31(37)40-32(3,4)5)22-14-15-24(26(18-22)39-8)34-30-33-19-27-29(35-30)28(20(2)41-27)23-12-10-11-13-25(23)38-7/h10-15,18-19,21H,9,16-17H2,1-8H3,(H,33,34,35). The third-order valence-corrected chi connectivity index (χ3v) is 7.97. The highest BCUT2D eigenvalue weighted by Crippen LogP contribution is 2.41. The van der Waals surface area contributed by atoms with Crippen LogP contribution in [0, 0.1) is 6.92 Å². The second-order valence-corrected chi connectivity index (χ2v) is 12.3. The van der Waals surface area contributed by atoms with Crippen molar-refractivity contribution in [2.45, 2.75) is 59.0 Å². The summed E-state index contributed by atoms with van der Waals surface area (Å²) in [5.41, 5.74) is 4.35. The molecule has 1 atom stereocenters. The third kappa shape index (κ3) is 7.08. The number of amides is 1. The molecule has 0 saturated carbocycles. The van der Waals surface area contributed by atoms with Crippen LogP contribution >= 0.6 is 11.3 Å². The number of para-hydroxylation sites is 1. The summed E-state index contributed by atoms with van der Waals surface area (Å²) in [5.74, 6) is 2.26. The van der Waals surface area contributed by atoms with Crippen LogP contribution in [0.1, 0.15) is 56.9 Å². The van der Waals surface area contributed by atoms with Crippen LogP contribution in [0.3, 0.4) is 0 Å². The number of nitrogens with zero attached hydrogens (tertiary/aromatic N) is 3. The molecule has 218 valence electrons. The smallest absolute Gasteiger partial charge is 0.410 e. The Labute approximate surface area is 246 Å². The van der Waals surface area contributed by atoms with E-state index in [0.717, 1.165) is 56.1 Å². The Morgan fingerprint density at radius 3 is 2.51 bits per heavy atom. The fourth-order valence-electron chi connectivity index (χ4n) is 4.81. The van der Waals surface area contributed by atoms with Crippen molar-refractivity contribution in [2.24, 2.45) is 0 Å². The van der Waals surface area contributed by atoms with Crippen molar-refractivity contribution in [3.05, 3.63) is 59.1 Å². The Balaban J connectivity index is 1.55. The molecule has 1 N–H and O–H groups in total. The molecule has 0 aliphatic rings. The quantitative estimate of drug-likeness (QED) is 0.204. The van der Waals surface area contributed by atoms with Gasteiger partial charge in [-0.2, -0.15) is 0 Å². The van der Waals surface area contributed by atoms with Gasteiger partial charge in [0.1, 0.15) is 17.1 Å². The number of hydrogen-bond donors (Lipinski definition) is 1. The van der Waals surface area contributed by atoms with Crippen molar-refractivity contribution < 1.29 is 19.0 Å². The summed E-state index contributed by atoms with van der Waals surface area (Å²) >= 11 is 1.67. The molecule has 1 amide bonds. The van der Waals surface area contributed by atoms with Gasteiger partial charge in [-0.1, -0.05) is 31.2 Å². The van der Waals surface area contributed by atoms with Crippen molar-refractivity contribution in [2.75, 3.05) is 33.1 Å². The van der Waals surface area contributed by atoms with E-state index < -0.39 is 5.60 Å². The number of aromatic nitrogens is 2. The number of anilines is 2. The number of thiophene rings is 1. The maximum absolute atomic E-state index is 12.4. The third-order valence-electron chi connectivity index (χ3n) is 6.94. The number of carbonyl (C=O) groups is 1. The summed E-state index contributed by atoms with van der Waals surface area (Å²) in [6, 6.07) is 14.1. The first kappa shape index (κ1) is 30.1. The second kappa shape index (κ2) is 12.8. The molecule has 8 nitrogen and oxygen atoms in total. The van der Waals surface area contributed by atoms with Gasteiger partial charge in [0, 0.05) is 29.6 Å². The van der Waals surface area contributed by atoms with Crippen LogP contribution in [-0.2, 0) is 4.74 Å². The van der Waals surface area contributed by atoms with Crippen LogP contribution < -0.4 is 14.8 Å². The van der Waals surface area contributed by atoms with Crippen LogP contribution in [0.2, 0.25) is 0 Å². The number of rotatable bonds is 10. The molecular weight excluding hydrogens is 536 g/mol. The number of fused-ring (bicyclic) bond motifs is 1. The molecule has 4 aromatic rings. The molecule has 0 saturated heterocycles. The van der Waals surface area contributed by atoms with Gasteiger partial charge in [-0.05, 0) is 70.2 Å². The fourth-order valence-corrected chi connectivity index (χ4v) is 5.80. The Morgan fingerprint density at radius 1 is 1.10 bits per heavy atom. The van der Waals surface area contributed by atoms with Crippen LogP contribution in [-0.4, -0.2) is 54.4 Å². The van der Waals surface area contributed by atoms with E-state index in [1.54, 1.807) is 37.5 Å². The van der Waals surface area contributed by atoms with E-state index in [9.17, 15) is 4.79 Å². The normalized spacial score (nSPS) is 12.2. The molecule has 2 aromatic carbocycles. The largest absolute Gasteiger partial charge is 0.496 e. The summed E-state index contributed by atoms with van der Waals surface area (Å²) in [7, 11) is 5.12. The summed E-state index contributed by atoms with van der Waals surface area (Å²) < 4.78 is 17.9. The lowest BCUT2D eigenvalue weighted by molar-refractivity contribution is 0.0294. The summed E-state index contributed by atoms with van der Waals surface area (Å²) in [6.07, 6.45) is 3.29. The molecule has 9 heteroatoms. The van der Waals surface area contributed by atoms with Gasteiger partial charge in [-0.25, -0.2) is 14.8 Å². The highest BCUT2D eigenvalue weighted by Gasteiger charge is 2.22. The molecule has 2 heterocycles. The number of benzene rings is 2. The lowest BCUT2D eigenvalue weighted by Gasteiger charge is -2.26. The topological polar surface area (TPSA) is 85.8 Å². The molecule has 0 aliphatic heterocycles. The van der Waals surface area contributed by atoms with Crippen molar-refractivity contribution in [1.82, 2.24) is 14.9 Å². The predicted octanol–water partition coefficient (Wildman–Crippen LogP) is 8.18. The SMILES string of the molecule is CCC(CCN(C)C(=O)OC(C)(C)C)c1ccc(Nc2ncc3sc(C)c(-c4ccccc4OC)c3n2)c(OC)c1. The zero-order valence-corrected chi connectivity index (χ0v) is 26.0. The average Bonchev–Trinajstić information content (AvgIpc) is 3.27. The second-order valence-electron chi connectivity index (χ2n) is 11.0. The Morgan fingerprint density at radius 2 is 1.83 bits per heavy atom. The first-order valence-corrected chi connectivity index (χ1v) is 14.6. The van der Waals surface area contributed by atoms with Crippen LogP contribution in [0.4, 0.5) is 16.4 Å². The van der Waals surface area contributed by atoms with Crippen LogP contribution in [0.25, 0.3) is 21.3 Å². The van der Waals surface area contributed by atoms with Gasteiger partial charge in [-0.3, -0.25) is 0 Å². The van der Waals surface area contributed by atoms with Crippen molar-refractivity contribution in [3.63, 3.8) is 0 Å². The van der Waals surface area contributed by atoms with Gasteiger partial charge < -0.3 is 24.4 Å². The molecule has 0 aliphatic carbocycles. The number of ether oxygens (including phenoxy) is 3. The van der Waals surface area contributed by atoms with E-state index in [4.69, 9.17) is 19.2 Å². The molecule has 0 spiro atoms. The zero-order valence-electron chi connectivity index (χ0n) is 25.2. The Bertz CT molecular complexity index is 1510. The van der Waals surface area contributed by atoms with Crippen molar-refractivity contribution in [3.8, 4) is 22.6 Å². The van der Waals surface area contributed by atoms with Crippen molar-refractivity contribution in [1.29, 1.82) is 0 Å². The number of carbonyl (C=O) groups excluding carboxylic acids is 1. The average molecular weight is 577 g/mol. The predicted molar refractivity (Wildman–Crippen MR) is 167 cm³/mol. The fraction of sp³-hybridized carbons (Fsp3) is 0.406. The molecule has 0 bridgehead atoms. The minimum Gasteiger partial charge on any atom is -0.496 e. The van der Waals surface area contributed by atoms with E-state index in [2.05, 4.69) is 42.3 Å². The van der Waals surface area contributed by atoms with Gasteiger partial charge in [0.2, 0.25) is 5.95 Å². The molecule has 1 unspecified atom stereocenters. The highest BCUT2D eigenvalue weighted by molar-refractivity contribution is 7.19. The van der Waals surface area contributed by atoms with E-state index in [0.29, 0.717) is 18.2 Å². The van der Waals surface area contributed by atoms with Crippen LogP contribution in [0.15, 0.2) is 48.7 Å². The molecule has 2 aromatic heterocycles. The van der Waals surface area contributed by atoms with E-state index in [-0.39, 0.29) is 12.0 Å². The molecule has 0 radical (unpaired) electrons. The van der Waals surface area contributed by atoms with E-state index in [1.807, 2.05) is 51.2 Å². The molecule has 41 heavy (non-hydrogen) atoms. The van der Waals surface area contributed by atoms with E-state index in [1.165, 1.54) is 0 Å². The first-order chi connectivity index (χ1) is 19.5. The van der Waals surface area contributed by atoms with Gasteiger partial charge in [-0.15, -0.1) is 11.3 Å². The maximum Gasteiger partial charge on any atom is 0.410 e. The lowest BCUT2D eigenvalue weighted by Crippen LogP contribution is -2.35. The van der Waals surface area contributed by atoms with Gasteiger partial charge in [0.05, 0.1) is 36.3 Å². The van der Waals surface area contributed by atoms with Crippen LogP contribution in [0.5, 0.6) is 11.5 Å². The summed E-state index contributed by atoms with van der Waals surface area (Å²) in [5, 5.41) is 3.36. The lowest BCUT2D eigenvalue weighted by atomic mass is 9.92. The molecular formula is C32H40N4O4S. The monoisotopic (exact) mass is 576 g/mol. The minimum atomic E-state index is -0.516. The van der Waals surface area contributed by atoms with Gasteiger partial charge in [0.25, 0.3) is 0 Å². The zero-order chi connectivity index (χ0) is 29.7. The number of methoxy groups -OCH3 is 2. The number of hydrogen-bond acceptors (Lipinski definition) is 8. The van der Waals surface area contributed by atoms with E-state index >= 15 is 0 Å². The van der Waals surface area contributed by atoms with Gasteiger partial charge in [0.15, 0.2) is 0 Å². The Kier molecular flexibility index (Phi) is 9.38. The molecule has 0 fully saturated rings.